The van der Waals surface area contributed by atoms with Crippen molar-refractivity contribution in [3.05, 3.63) is 34.9 Å². The fourth-order valence-electron chi connectivity index (χ4n) is 2.52. The van der Waals surface area contributed by atoms with Gasteiger partial charge in [-0.3, -0.25) is 4.79 Å². The first-order chi connectivity index (χ1) is 8.72. The van der Waals surface area contributed by atoms with Crippen LogP contribution < -0.4 is 5.32 Å². The number of hydrogen-bond donors (Lipinski definition) is 1. The summed E-state index contributed by atoms with van der Waals surface area (Å²) in [7, 11) is 1.93. The Kier molecular flexibility index (Phi) is 4.61. The third-order valence-electron chi connectivity index (χ3n) is 3.44. The van der Waals surface area contributed by atoms with Crippen LogP contribution in [0, 0.1) is 0 Å². The minimum Gasteiger partial charge on any atom is -0.338 e. The van der Waals surface area contributed by atoms with Crippen LogP contribution in [0.15, 0.2) is 24.3 Å². The van der Waals surface area contributed by atoms with E-state index < -0.39 is 0 Å². The molecule has 1 atom stereocenters. The van der Waals surface area contributed by atoms with E-state index in [1.54, 1.807) is 0 Å². The molecule has 18 heavy (non-hydrogen) atoms. The van der Waals surface area contributed by atoms with E-state index in [0.717, 1.165) is 31.5 Å². The first kappa shape index (κ1) is 13.4. The van der Waals surface area contributed by atoms with Crippen molar-refractivity contribution in [3.8, 4) is 0 Å². The molecule has 1 amide bonds. The molecule has 1 fully saturated rings. The van der Waals surface area contributed by atoms with Crippen LogP contribution >= 0.6 is 11.6 Å². The molecule has 0 saturated carbocycles. The summed E-state index contributed by atoms with van der Waals surface area (Å²) in [6, 6.07) is 7.90. The number of rotatable bonds is 4. The molecule has 0 bridgehead atoms. The molecular weight excluding hydrogens is 248 g/mol. The summed E-state index contributed by atoms with van der Waals surface area (Å²) in [6.07, 6.45) is 2.59. The predicted molar refractivity (Wildman–Crippen MR) is 73.8 cm³/mol. The fraction of sp³-hybridized carbons (Fsp3) is 0.500. The molecule has 0 spiro atoms. The monoisotopic (exact) mass is 266 g/mol. The van der Waals surface area contributed by atoms with E-state index in [1.165, 1.54) is 0 Å². The molecule has 1 saturated heterocycles. The molecule has 1 N–H and O–H groups in total. The third kappa shape index (κ3) is 3.03. The quantitative estimate of drug-likeness (QED) is 0.905. The van der Waals surface area contributed by atoms with Crippen LogP contribution in [0.25, 0.3) is 0 Å². The smallest absolute Gasteiger partial charge is 0.227 e. The molecule has 1 aliphatic heterocycles. The van der Waals surface area contributed by atoms with Gasteiger partial charge in [-0.1, -0.05) is 29.8 Å². The van der Waals surface area contributed by atoms with Crippen LogP contribution in [0.5, 0.6) is 0 Å². The molecule has 0 aliphatic carbocycles. The molecule has 1 unspecified atom stereocenters. The number of carbonyl (C=O) groups excluding carboxylic acids is 1. The minimum atomic E-state index is 0.181. The van der Waals surface area contributed by atoms with Crippen molar-refractivity contribution in [2.75, 3.05) is 20.1 Å². The zero-order valence-electron chi connectivity index (χ0n) is 10.7. The molecule has 98 valence electrons. The lowest BCUT2D eigenvalue weighted by atomic mass is 10.1. The topological polar surface area (TPSA) is 32.3 Å². The molecule has 2 rings (SSSR count). The van der Waals surface area contributed by atoms with E-state index in [4.69, 9.17) is 11.6 Å². The second-order valence-corrected chi connectivity index (χ2v) is 5.12. The Bertz CT molecular complexity index is 422. The van der Waals surface area contributed by atoms with E-state index in [9.17, 15) is 4.79 Å². The molecule has 3 nitrogen and oxygen atoms in total. The lowest BCUT2D eigenvalue weighted by molar-refractivity contribution is -0.131. The van der Waals surface area contributed by atoms with Gasteiger partial charge in [-0.2, -0.15) is 0 Å². The van der Waals surface area contributed by atoms with Crippen LogP contribution in [0.2, 0.25) is 5.02 Å². The van der Waals surface area contributed by atoms with Crippen LogP contribution in [-0.4, -0.2) is 37.0 Å². The number of likely N-dealkylation sites (tertiary alicyclic amines) is 1. The Morgan fingerprint density at radius 3 is 3.00 bits per heavy atom. The zero-order chi connectivity index (χ0) is 13.0. The Morgan fingerprint density at radius 1 is 1.50 bits per heavy atom. The van der Waals surface area contributed by atoms with Crippen molar-refractivity contribution in [3.63, 3.8) is 0 Å². The summed E-state index contributed by atoms with van der Waals surface area (Å²) in [5.41, 5.74) is 0.916. The van der Waals surface area contributed by atoms with Crippen LogP contribution in [0.4, 0.5) is 0 Å². The first-order valence-electron chi connectivity index (χ1n) is 6.40. The van der Waals surface area contributed by atoms with Crippen molar-refractivity contribution in [1.29, 1.82) is 0 Å². The average Bonchev–Trinajstić information content (AvgIpc) is 2.81. The second-order valence-electron chi connectivity index (χ2n) is 4.71. The van der Waals surface area contributed by atoms with Gasteiger partial charge in [0.15, 0.2) is 0 Å². The Balaban J connectivity index is 2.01. The molecule has 1 aliphatic rings. The number of hydrogen-bond acceptors (Lipinski definition) is 2. The number of likely N-dealkylation sites (N-methyl/N-ethyl adjacent to an activating group) is 1. The fourth-order valence-corrected chi connectivity index (χ4v) is 2.72. The summed E-state index contributed by atoms with van der Waals surface area (Å²) < 4.78 is 0. The van der Waals surface area contributed by atoms with Gasteiger partial charge >= 0.3 is 0 Å². The number of benzene rings is 1. The van der Waals surface area contributed by atoms with Crippen molar-refractivity contribution in [2.24, 2.45) is 0 Å². The Labute approximate surface area is 113 Å². The Hall–Kier alpha value is -1.06. The van der Waals surface area contributed by atoms with E-state index in [0.29, 0.717) is 17.5 Å². The van der Waals surface area contributed by atoms with Crippen molar-refractivity contribution >= 4 is 17.5 Å². The van der Waals surface area contributed by atoms with Gasteiger partial charge < -0.3 is 10.2 Å². The summed E-state index contributed by atoms with van der Waals surface area (Å²) in [5.74, 6) is 0.181. The van der Waals surface area contributed by atoms with Gasteiger partial charge in [0, 0.05) is 24.2 Å². The highest BCUT2D eigenvalue weighted by atomic mass is 35.5. The molecule has 0 radical (unpaired) electrons. The molecule has 1 aromatic rings. The van der Waals surface area contributed by atoms with Crippen molar-refractivity contribution in [2.45, 2.75) is 25.3 Å². The minimum absolute atomic E-state index is 0.181. The molecule has 1 aromatic carbocycles. The largest absolute Gasteiger partial charge is 0.338 e. The number of carbonyl (C=O) groups is 1. The second kappa shape index (κ2) is 6.21. The summed E-state index contributed by atoms with van der Waals surface area (Å²) >= 11 is 6.09. The summed E-state index contributed by atoms with van der Waals surface area (Å²) in [5, 5.41) is 3.83. The normalized spacial score (nSPS) is 19.2. The van der Waals surface area contributed by atoms with Crippen molar-refractivity contribution < 1.29 is 4.79 Å². The molecule has 0 aromatic heterocycles. The van der Waals surface area contributed by atoms with Gasteiger partial charge in [-0.05, 0) is 31.5 Å². The number of nitrogens with one attached hydrogen (secondary N) is 1. The molecule has 4 heteroatoms. The van der Waals surface area contributed by atoms with Crippen LogP contribution in [0.3, 0.4) is 0 Å². The summed E-state index contributed by atoms with van der Waals surface area (Å²) in [6.45, 7) is 1.74. The summed E-state index contributed by atoms with van der Waals surface area (Å²) in [4.78, 5) is 14.3. The van der Waals surface area contributed by atoms with Gasteiger partial charge in [-0.15, -0.1) is 0 Å². The van der Waals surface area contributed by atoms with Gasteiger partial charge in [0.2, 0.25) is 5.91 Å². The van der Waals surface area contributed by atoms with Crippen molar-refractivity contribution in [1.82, 2.24) is 10.2 Å². The maximum atomic E-state index is 12.3. The lowest BCUT2D eigenvalue weighted by Gasteiger charge is -2.24. The SMILES string of the molecule is CNCC1CCCN1C(=O)Cc1ccccc1Cl. The average molecular weight is 267 g/mol. The third-order valence-corrected chi connectivity index (χ3v) is 3.81. The highest BCUT2D eigenvalue weighted by Gasteiger charge is 2.28. The van der Waals surface area contributed by atoms with Gasteiger partial charge in [0.1, 0.15) is 0 Å². The van der Waals surface area contributed by atoms with E-state index >= 15 is 0 Å². The maximum absolute atomic E-state index is 12.3. The van der Waals surface area contributed by atoms with Crippen LogP contribution in [0.1, 0.15) is 18.4 Å². The van der Waals surface area contributed by atoms with Crippen LogP contribution in [-0.2, 0) is 11.2 Å². The number of amides is 1. The van der Waals surface area contributed by atoms with Gasteiger partial charge in [0.05, 0.1) is 6.42 Å². The van der Waals surface area contributed by atoms with E-state index in [-0.39, 0.29) is 5.91 Å². The van der Waals surface area contributed by atoms with E-state index in [2.05, 4.69) is 5.32 Å². The highest BCUT2D eigenvalue weighted by molar-refractivity contribution is 6.31. The molecular formula is C14H19ClN2O. The zero-order valence-corrected chi connectivity index (χ0v) is 11.4. The number of halogens is 1. The lowest BCUT2D eigenvalue weighted by Crippen LogP contribution is -2.41. The van der Waals surface area contributed by atoms with E-state index in [1.807, 2.05) is 36.2 Å². The van der Waals surface area contributed by atoms with Gasteiger partial charge in [-0.25, -0.2) is 0 Å². The first-order valence-corrected chi connectivity index (χ1v) is 6.77. The highest BCUT2D eigenvalue weighted by Crippen LogP contribution is 2.20. The molecule has 1 heterocycles. The number of nitrogens with zero attached hydrogens (tertiary/aromatic N) is 1. The maximum Gasteiger partial charge on any atom is 0.227 e. The van der Waals surface area contributed by atoms with Gasteiger partial charge in [0.25, 0.3) is 0 Å². The standard InChI is InChI=1S/C14H19ClN2O/c1-16-10-12-6-4-8-17(12)14(18)9-11-5-2-3-7-13(11)15/h2-3,5,7,12,16H,4,6,8-10H2,1H3. The predicted octanol–water partition coefficient (Wildman–Crippen LogP) is 2.09. The Morgan fingerprint density at radius 2 is 2.28 bits per heavy atom.